The van der Waals surface area contributed by atoms with Crippen molar-refractivity contribution < 1.29 is 14.6 Å². The zero-order chi connectivity index (χ0) is 11.4. The van der Waals surface area contributed by atoms with Crippen molar-refractivity contribution in [2.45, 2.75) is 13.8 Å². The van der Waals surface area contributed by atoms with E-state index in [1.165, 1.54) is 0 Å². The molecule has 1 aromatic rings. The molecular formula is C11H15NO3. The summed E-state index contributed by atoms with van der Waals surface area (Å²) in [5.74, 6) is -0.0306. The van der Waals surface area contributed by atoms with Crippen molar-refractivity contribution in [3.63, 3.8) is 0 Å². The van der Waals surface area contributed by atoms with Gasteiger partial charge in [0.1, 0.15) is 12.3 Å². The van der Waals surface area contributed by atoms with Crippen LogP contribution >= 0.6 is 0 Å². The number of rotatable bonds is 4. The van der Waals surface area contributed by atoms with E-state index >= 15 is 0 Å². The number of nitrogens with one attached hydrogen (secondary N) is 1. The van der Waals surface area contributed by atoms with Gasteiger partial charge in [0.05, 0.1) is 7.11 Å². The average Bonchev–Trinajstić information content (AvgIpc) is 2.14. The molecule has 0 saturated heterocycles. The molecule has 0 aliphatic rings. The Bertz CT molecular complexity index is 351. The summed E-state index contributed by atoms with van der Waals surface area (Å²) in [6, 6.07) is 3.74. The zero-order valence-corrected chi connectivity index (χ0v) is 9.13. The largest absolute Gasteiger partial charge is 0.496 e. The second-order valence-electron chi connectivity index (χ2n) is 3.39. The van der Waals surface area contributed by atoms with Crippen LogP contribution in [0.4, 0.5) is 5.69 Å². The molecule has 0 aliphatic heterocycles. The van der Waals surface area contributed by atoms with Crippen LogP contribution in [0.3, 0.4) is 0 Å². The van der Waals surface area contributed by atoms with Crippen molar-refractivity contribution in [3.8, 4) is 5.75 Å². The molecule has 0 radical (unpaired) electrons. The first-order valence-electron chi connectivity index (χ1n) is 4.65. The lowest BCUT2D eigenvalue weighted by atomic mass is 10.1. The van der Waals surface area contributed by atoms with Gasteiger partial charge in [-0.15, -0.1) is 0 Å². The Morgan fingerprint density at radius 1 is 1.40 bits per heavy atom. The first-order chi connectivity index (χ1) is 7.04. The molecule has 0 spiro atoms. The van der Waals surface area contributed by atoms with E-state index in [0.717, 1.165) is 22.6 Å². The SMILES string of the molecule is COc1c(C)cc(NCC(=O)O)cc1C. The van der Waals surface area contributed by atoms with Crippen LogP contribution < -0.4 is 10.1 Å². The standard InChI is InChI=1S/C11H15NO3/c1-7-4-9(12-6-10(13)14)5-8(2)11(7)15-3/h4-5,12H,6H2,1-3H3,(H,13,14). The molecule has 4 nitrogen and oxygen atoms in total. The Morgan fingerprint density at radius 2 is 1.93 bits per heavy atom. The van der Waals surface area contributed by atoms with Crippen molar-refractivity contribution >= 4 is 11.7 Å². The van der Waals surface area contributed by atoms with Crippen LogP contribution in [0.2, 0.25) is 0 Å². The molecule has 0 bridgehead atoms. The number of methoxy groups -OCH3 is 1. The topological polar surface area (TPSA) is 58.6 Å². The van der Waals surface area contributed by atoms with Gasteiger partial charge < -0.3 is 15.2 Å². The van der Waals surface area contributed by atoms with Gasteiger partial charge in [-0.3, -0.25) is 4.79 Å². The molecule has 1 rings (SSSR count). The van der Waals surface area contributed by atoms with Crippen LogP contribution in [0, 0.1) is 13.8 Å². The Morgan fingerprint density at radius 3 is 2.33 bits per heavy atom. The normalized spacial score (nSPS) is 9.80. The molecule has 0 fully saturated rings. The number of carboxylic acids is 1. The number of carboxylic acid groups (broad SMARTS) is 1. The highest BCUT2D eigenvalue weighted by molar-refractivity contribution is 5.73. The molecule has 0 heterocycles. The molecule has 0 aliphatic carbocycles. The number of hydrogen-bond donors (Lipinski definition) is 2. The molecular weight excluding hydrogens is 194 g/mol. The number of aliphatic carboxylic acids is 1. The highest BCUT2D eigenvalue weighted by Gasteiger charge is 2.05. The first kappa shape index (κ1) is 11.4. The summed E-state index contributed by atoms with van der Waals surface area (Å²) in [6.45, 7) is 3.78. The van der Waals surface area contributed by atoms with E-state index in [-0.39, 0.29) is 6.54 Å². The summed E-state index contributed by atoms with van der Waals surface area (Å²) in [6.07, 6.45) is 0. The Labute approximate surface area is 88.9 Å². The molecule has 2 N–H and O–H groups in total. The third-order valence-corrected chi connectivity index (χ3v) is 2.11. The van der Waals surface area contributed by atoms with E-state index in [1.807, 2.05) is 26.0 Å². The van der Waals surface area contributed by atoms with Gasteiger partial charge in [0.25, 0.3) is 0 Å². The van der Waals surface area contributed by atoms with Crippen LogP contribution in [0.1, 0.15) is 11.1 Å². The molecule has 0 atom stereocenters. The predicted molar refractivity (Wildman–Crippen MR) is 58.6 cm³/mol. The molecule has 4 heteroatoms. The average molecular weight is 209 g/mol. The molecule has 1 aromatic carbocycles. The van der Waals surface area contributed by atoms with Gasteiger partial charge in [0, 0.05) is 5.69 Å². The monoisotopic (exact) mass is 209 g/mol. The third kappa shape index (κ3) is 2.87. The van der Waals surface area contributed by atoms with E-state index in [2.05, 4.69) is 5.32 Å². The number of carbonyl (C=O) groups is 1. The Balaban J connectivity index is 2.88. The summed E-state index contributed by atoms with van der Waals surface area (Å²) >= 11 is 0. The Hall–Kier alpha value is -1.71. The number of benzene rings is 1. The fraction of sp³-hybridized carbons (Fsp3) is 0.364. The van der Waals surface area contributed by atoms with Crippen LogP contribution in [-0.4, -0.2) is 24.7 Å². The minimum Gasteiger partial charge on any atom is -0.496 e. The minimum atomic E-state index is -0.874. The quantitative estimate of drug-likeness (QED) is 0.794. The van der Waals surface area contributed by atoms with Crippen LogP contribution in [-0.2, 0) is 4.79 Å². The Kier molecular flexibility index (Phi) is 3.55. The van der Waals surface area contributed by atoms with Gasteiger partial charge in [0.15, 0.2) is 0 Å². The van der Waals surface area contributed by atoms with E-state index in [1.54, 1.807) is 7.11 Å². The summed E-state index contributed by atoms with van der Waals surface area (Å²) in [5.41, 5.74) is 2.78. The second kappa shape index (κ2) is 4.68. The lowest BCUT2D eigenvalue weighted by Crippen LogP contribution is -2.12. The van der Waals surface area contributed by atoms with Crippen molar-refractivity contribution in [3.05, 3.63) is 23.3 Å². The highest BCUT2D eigenvalue weighted by Crippen LogP contribution is 2.26. The molecule has 0 amide bonds. The summed E-state index contributed by atoms with van der Waals surface area (Å²) in [4.78, 5) is 10.4. The van der Waals surface area contributed by atoms with Gasteiger partial charge in [0.2, 0.25) is 0 Å². The first-order valence-corrected chi connectivity index (χ1v) is 4.65. The molecule has 82 valence electrons. The molecule has 0 unspecified atom stereocenters. The van der Waals surface area contributed by atoms with Crippen LogP contribution in [0.15, 0.2) is 12.1 Å². The summed E-state index contributed by atoms with van der Waals surface area (Å²) in [5, 5.41) is 11.3. The minimum absolute atomic E-state index is 0.0782. The van der Waals surface area contributed by atoms with Gasteiger partial charge in [-0.25, -0.2) is 0 Å². The second-order valence-corrected chi connectivity index (χ2v) is 3.39. The highest BCUT2D eigenvalue weighted by atomic mass is 16.5. The van der Waals surface area contributed by atoms with E-state index in [4.69, 9.17) is 9.84 Å². The molecule has 0 aromatic heterocycles. The lowest BCUT2D eigenvalue weighted by Gasteiger charge is -2.11. The summed E-state index contributed by atoms with van der Waals surface area (Å²) in [7, 11) is 1.62. The maximum absolute atomic E-state index is 10.4. The van der Waals surface area contributed by atoms with Gasteiger partial charge >= 0.3 is 5.97 Å². The van der Waals surface area contributed by atoms with E-state index in [0.29, 0.717) is 0 Å². The van der Waals surface area contributed by atoms with Crippen molar-refractivity contribution in [1.29, 1.82) is 0 Å². The maximum Gasteiger partial charge on any atom is 0.322 e. The number of ether oxygens (including phenoxy) is 1. The van der Waals surface area contributed by atoms with Crippen molar-refractivity contribution in [2.75, 3.05) is 19.0 Å². The maximum atomic E-state index is 10.4. The fourth-order valence-electron chi connectivity index (χ4n) is 1.55. The molecule has 15 heavy (non-hydrogen) atoms. The van der Waals surface area contributed by atoms with E-state index < -0.39 is 5.97 Å². The number of hydrogen-bond acceptors (Lipinski definition) is 3. The van der Waals surface area contributed by atoms with Gasteiger partial charge in [-0.05, 0) is 37.1 Å². The smallest absolute Gasteiger partial charge is 0.322 e. The summed E-state index contributed by atoms with van der Waals surface area (Å²) < 4.78 is 5.21. The lowest BCUT2D eigenvalue weighted by molar-refractivity contribution is -0.134. The van der Waals surface area contributed by atoms with Crippen molar-refractivity contribution in [2.24, 2.45) is 0 Å². The number of aryl methyl sites for hydroxylation is 2. The van der Waals surface area contributed by atoms with Gasteiger partial charge in [-0.1, -0.05) is 0 Å². The third-order valence-electron chi connectivity index (χ3n) is 2.11. The van der Waals surface area contributed by atoms with Crippen molar-refractivity contribution in [1.82, 2.24) is 0 Å². The predicted octanol–water partition coefficient (Wildman–Crippen LogP) is 1.81. The van der Waals surface area contributed by atoms with Gasteiger partial charge in [-0.2, -0.15) is 0 Å². The van der Waals surface area contributed by atoms with E-state index in [9.17, 15) is 4.79 Å². The van der Waals surface area contributed by atoms with Crippen LogP contribution in [0.25, 0.3) is 0 Å². The fourth-order valence-corrected chi connectivity index (χ4v) is 1.55. The van der Waals surface area contributed by atoms with Crippen LogP contribution in [0.5, 0.6) is 5.75 Å². The molecule has 0 saturated carbocycles. The zero-order valence-electron chi connectivity index (χ0n) is 9.13. The number of anilines is 1.